The van der Waals surface area contributed by atoms with Crippen molar-refractivity contribution in [2.24, 2.45) is 0 Å². The van der Waals surface area contributed by atoms with Gasteiger partial charge in [0.05, 0.1) is 12.0 Å². The average Bonchev–Trinajstić information content (AvgIpc) is 2.53. The Morgan fingerprint density at radius 3 is 2.30 bits per heavy atom. The third-order valence-electron chi connectivity index (χ3n) is 3.43. The van der Waals surface area contributed by atoms with Crippen LogP contribution in [-0.4, -0.2) is 5.78 Å². The summed E-state index contributed by atoms with van der Waals surface area (Å²) in [5.41, 5.74) is 2.79. The van der Waals surface area contributed by atoms with Crippen LogP contribution < -0.4 is 0 Å². The molecule has 2 nitrogen and oxygen atoms in total. The lowest BCUT2D eigenvalue weighted by molar-refractivity contribution is 0.0979. The van der Waals surface area contributed by atoms with Crippen molar-refractivity contribution in [1.82, 2.24) is 0 Å². The van der Waals surface area contributed by atoms with E-state index in [1.54, 1.807) is 0 Å². The smallest absolute Gasteiger partial charge is 0.164 e. The van der Waals surface area contributed by atoms with Crippen LogP contribution in [0.1, 0.15) is 40.7 Å². The number of hydrogen-bond donors (Lipinski definition) is 0. The van der Waals surface area contributed by atoms with Crippen molar-refractivity contribution in [3.8, 4) is 6.07 Å². The molecule has 2 heteroatoms. The first-order chi connectivity index (χ1) is 9.74. The second-order valence-corrected chi connectivity index (χ2v) is 4.77. The molecule has 2 rings (SSSR count). The van der Waals surface area contributed by atoms with Crippen LogP contribution in [0.5, 0.6) is 0 Å². The Morgan fingerprint density at radius 1 is 1.10 bits per heavy atom. The molecule has 0 amide bonds. The third kappa shape index (κ3) is 3.33. The highest BCUT2D eigenvalue weighted by Crippen LogP contribution is 2.21. The van der Waals surface area contributed by atoms with Crippen LogP contribution in [0.15, 0.2) is 54.6 Å². The monoisotopic (exact) mass is 263 g/mol. The minimum atomic E-state index is -0.380. The molecule has 0 fully saturated rings. The first-order valence-corrected chi connectivity index (χ1v) is 6.81. The first-order valence-electron chi connectivity index (χ1n) is 6.81. The molecule has 20 heavy (non-hydrogen) atoms. The van der Waals surface area contributed by atoms with E-state index in [9.17, 15) is 10.1 Å². The summed E-state index contributed by atoms with van der Waals surface area (Å²) in [6, 6.07) is 19.3. The van der Waals surface area contributed by atoms with Crippen LogP contribution in [0.4, 0.5) is 0 Å². The van der Waals surface area contributed by atoms with Crippen LogP contribution >= 0.6 is 0 Å². The lowest BCUT2D eigenvalue weighted by Gasteiger charge is -2.09. The molecule has 0 bridgehead atoms. The maximum atomic E-state index is 12.2. The Labute approximate surface area is 119 Å². The number of carbonyl (C=O) groups is 1. The molecule has 100 valence electrons. The van der Waals surface area contributed by atoms with Crippen molar-refractivity contribution in [3.05, 3.63) is 71.3 Å². The Hall–Kier alpha value is -2.40. The summed E-state index contributed by atoms with van der Waals surface area (Å²) in [5.74, 6) is -0.363. The van der Waals surface area contributed by atoms with E-state index in [0.717, 1.165) is 12.0 Å². The van der Waals surface area contributed by atoms with Crippen LogP contribution in [-0.2, 0) is 6.42 Å². The lowest BCUT2D eigenvalue weighted by Crippen LogP contribution is -2.06. The molecule has 0 radical (unpaired) electrons. The highest BCUT2D eigenvalue weighted by molar-refractivity contribution is 5.96. The zero-order valence-electron chi connectivity index (χ0n) is 11.5. The van der Waals surface area contributed by atoms with Gasteiger partial charge in [-0.3, -0.25) is 4.79 Å². The Morgan fingerprint density at radius 2 is 1.75 bits per heavy atom. The molecule has 0 saturated carbocycles. The second-order valence-electron chi connectivity index (χ2n) is 4.77. The zero-order valence-corrected chi connectivity index (χ0v) is 11.5. The van der Waals surface area contributed by atoms with Crippen LogP contribution in [0, 0.1) is 11.3 Å². The SMILES string of the molecule is CCc1ccc(C(=O)CC(C#N)c2ccccc2)cc1. The van der Waals surface area contributed by atoms with Gasteiger partial charge in [0.1, 0.15) is 0 Å². The summed E-state index contributed by atoms with van der Waals surface area (Å²) in [6.45, 7) is 2.08. The highest BCUT2D eigenvalue weighted by Gasteiger charge is 2.16. The minimum Gasteiger partial charge on any atom is -0.294 e. The number of Topliss-reactive ketones (excluding diaryl/α,β-unsaturated/α-hetero) is 1. The number of ketones is 1. The molecular weight excluding hydrogens is 246 g/mol. The van der Waals surface area contributed by atoms with Gasteiger partial charge in [0.15, 0.2) is 5.78 Å². The standard InChI is InChI=1S/C18H17NO/c1-2-14-8-10-16(11-9-14)18(20)12-17(13-19)15-6-4-3-5-7-15/h3-11,17H,2,12H2,1H3. The number of aryl methyl sites for hydroxylation is 1. The van der Waals surface area contributed by atoms with E-state index >= 15 is 0 Å². The van der Waals surface area contributed by atoms with Crippen LogP contribution in [0.25, 0.3) is 0 Å². The molecule has 1 atom stereocenters. The lowest BCUT2D eigenvalue weighted by atomic mass is 9.92. The minimum absolute atomic E-state index is 0.0167. The molecule has 0 aliphatic heterocycles. The summed E-state index contributed by atoms with van der Waals surface area (Å²) in [6.07, 6.45) is 1.19. The van der Waals surface area contributed by atoms with Gasteiger partial charge in [-0.2, -0.15) is 5.26 Å². The summed E-state index contributed by atoms with van der Waals surface area (Å²) < 4.78 is 0. The normalized spacial score (nSPS) is 11.6. The molecule has 0 aliphatic carbocycles. The number of carbonyl (C=O) groups excluding carboxylic acids is 1. The van der Waals surface area contributed by atoms with Crippen LogP contribution in [0.2, 0.25) is 0 Å². The zero-order chi connectivity index (χ0) is 14.4. The largest absolute Gasteiger partial charge is 0.294 e. The predicted octanol–water partition coefficient (Wildman–Crippen LogP) is 4.13. The van der Waals surface area contributed by atoms with Crippen molar-refractivity contribution in [2.75, 3.05) is 0 Å². The van der Waals surface area contributed by atoms with E-state index < -0.39 is 0 Å². The van der Waals surface area contributed by atoms with Gasteiger partial charge in [-0.25, -0.2) is 0 Å². The fourth-order valence-electron chi connectivity index (χ4n) is 2.15. The summed E-state index contributed by atoms with van der Waals surface area (Å²) >= 11 is 0. The van der Waals surface area contributed by atoms with Gasteiger partial charge in [-0.15, -0.1) is 0 Å². The van der Waals surface area contributed by atoms with Gasteiger partial charge in [0.25, 0.3) is 0 Å². The van der Waals surface area contributed by atoms with Crippen molar-refractivity contribution < 1.29 is 4.79 Å². The maximum absolute atomic E-state index is 12.2. The predicted molar refractivity (Wildman–Crippen MR) is 79.6 cm³/mol. The fourth-order valence-corrected chi connectivity index (χ4v) is 2.15. The molecule has 0 N–H and O–H groups in total. The van der Waals surface area contributed by atoms with E-state index in [0.29, 0.717) is 5.56 Å². The van der Waals surface area contributed by atoms with Gasteiger partial charge in [-0.1, -0.05) is 61.5 Å². The van der Waals surface area contributed by atoms with E-state index in [1.165, 1.54) is 5.56 Å². The topological polar surface area (TPSA) is 40.9 Å². The molecule has 0 saturated heterocycles. The Bertz CT molecular complexity index is 608. The summed E-state index contributed by atoms with van der Waals surface area (Å²) in [5, 5.41) is 9.26. The molecule has 2 aromatic rings. The fraction of sp³-hybridized carbons (Fsp3) is 0.222. The van der Waals surface area contributed by atoms with Gasteiger partial charge >= 0.3 is 0 Å². The molecule has 0 aliphatic rings. The van der Waals surface area contributed by atoms with E-state index in [4.69, 9.17) is 0 Å². The first kappa shape index (κ1) is 14.0. The molecule has 1 unspecified atom stereocenters. The van der Waals surface area contributed by atoms with E-state index in [2.05, 4.69) is 13.0 Å². The Kier molecular flexibility index (Phi) is 4.68. The van der Waals surface area contributed by atoms with Gasteiger partial charge < -0.3 is 0 Å². The number of nitrogens with zero attached hydrogens (tertiary/aromatic N) is 1. The van der Waals surface area contributed by atoms with E-state index in [-0.39, 0.29) is 18.1 Å². The number of hydrogen-bond acceptors (Lipinski definition) is 2. The van der Waals surface area contributed by atoms with E-state index in [1.807, 2.05) is 54.6 Å². The van der Waals surface area contributed by atoms with Gasteiger partial charge in [0, 0.05) is 12.0 Å². The quantitative estimate of drug-likeness (QED) is 0.761. The maximum Gasteiger partial charge on any atom is 0.164 e. The van der Waals surface area contributed by atoms with Crippen molar-refractivity contribution in [1.29, 1.82) is 5.26 Å². The third-order valence-corrected chi connectivity index (χ3v) is 3.43. The summed E-state index contributed by atoms with van der Waals surface area (Å²) in [4.78, 5) is 12.2. The van der Waals surface area contributed by atoms with Gasteiger partial charge in [0.2, 0.25) is 0 Å². The summed E-state index contributed by atoms with van der Waals surface area (Å²) in [7, 11) is 0. The second kappa shape index (κ2) is 6.68. The van der Waals surface area contributed by atoms with Gasteiger partial charge in [-0.05, 0) is 17.5 Å². The van der Waals surface area contributed by atoms with Crippen molar-refractivity contribution in [3.63, 3.8) is 0 Å². The molecule has 2 aromatic carbocycles. The van der Waals surface area contributed by atoms with Crippen molar-refractivity contribution >= 4 is 5.78 Å². The van der Waals surface area contributed by atoms with Crippen LogP contribution in [0.3, 0.4) is 0 Å². The molecule has 0 spiro atoms. The number of nitriles is 1. The Balaban J connectivity index is 2.11. The molecule has 0 heterocycles. The van der Waals surface area contributed by atoms with Crippen molar-refractivity contribution in [2.45, 2.75) is 25.7 Å². The highest BCUT2D eigenvalue weighted by atomic mass is 16.1. The number of rotatable bonds is 5. The number of benzene rings is 2. The average molecular weight is 263 g/mol. The molecular formula is C18H17NO. The molecule has 0 aromatic heterocycles.